The van der Waals surface area contributed by atoms with Gasteiger partial charge in [-0.1, -0.05) is 32.4 Å². The highest BCUT2D eigenvalue weighted by Gasteiger charge is 2.19. The van der Waals surface area contributed by atoms with Gasteiger partial charge in [-0.3, -0.25) is 0 Å². The van der Waals surface area contributed by atoms with Gasteiger partial charge < -0.3 is 5.73 Å². The van der Waals surface area contributed by atoms with E-state index >= 15 is 0 Å². The molecule has 0 saturated carbocycles. The third-order valence-electron chi connectivity index (χ3n) is 2.13. The van der Waals surface area contributed by atoms with Crippen LogP contribution >= 0.6 is 11.6 Å². The van der Waals surface area contributed by atoms with E-state index in [-0.39, 0.29) is 5.41 Å². The lowest BCUT2D eigenvalue weighted by Crippen LogP contribution is -2.10. The van der Waals surface area contributed by atoms with Crippen molar-refractivity contribution in [2.24, 2.45) is 5.41 Å². The molecule has 1 heterocycles. The first-order valence-electron chi connectivity index (χ1n) is 5.23. The van der Waals surface area contributed by atoms with Crippen molar-refractivity contribution >= 4 is 17.4 Å². The molecule has 88 valence electrons. The number of hydrogen-bond acceptors (Lipinski definition) is 3. The maximum absolute atomic E-state index is 8.52. The summed E-state index contributed by atoms with van der Waals surface area (Å²) < 4.78 is 1.60. The smallest absolute Gasteiger partial charge is 0.140 e. The van der Waals surface area contributed by atoms with Gasteiger partial charge in [0.15, 0.2) is 0 Å². The number of aromatic nitrogens is 2. The summed E-state index contributed by atoms with van der Waals surface area (Å²) in [4.78, 5) is 0. The molecule has 0 atom stereocenters. The Morgan fingerprint density at radius 3 is 2.62 bits per heavy atom. The van der Waals surface area contributed by atoms with Gasteiger partial charge in [-0.05, 0) is 11.8 Å². The van der Waals surface area contributed by atoms with Crippen molar-refractivity contribution in [3.8, 4) is 6.07 Å². The third-order valence-corrected chi connectivity index (χ3v) is 2.54. The van der Waals surface area contributed by atoms with Crippen LogP contribution in [0, 0.1) is 16.7 Å². The van der Waals surface area contributed by atoms with Crippen LogP contribution in [-0.2, 0) is 13.0 Å². The second-order valence-electron chi connectivity index (χ2n) is 5.01. The summed E-state index contributed by atoms with van der Waals surface area (Å²) in [6.45, 7) is 6.85. The van der Waals surface area contributed by atoms with Crippen LogP contribution in [0.1, 0.15) is 32.9 Å². The van der Waals surface area contributed by atoms with Crippen LogP contribution in [0.2, 0.25) is 5.02 Å². The molecule has 1 aromatic heterocycles. The molecule has 0 fully saturated rings. The fourth-order valence-corrected chi connectivity index (χ4v) is 1.65. The maximum atomic E-state index is 8.52. The lowest BCUT2D eigenvalue weighted by atomic mass is 9.91. The van der Waals surface area contributed by atoms with Crippen LogP contribution in [0.4, 0.5) is 5.82 Å². The fourth-order valence-electron chi connectivity index (χ4n) is 1.45. The molecule has 0 unspecified atom stereocenters. The molecule has 1 aromatic rings. The van der Waals surface area contributed by atoms with Crippen LogP contribution in [0.3, 0.4) is 0 Å². The average Bonchev–Trinajstić information content (AvgIpc) is 2.41. The summed E-state index contributed by atoms with van der Waals surface area (Å²) in [5.41, 5.74) is 6.75. The minimum atomic E-state index is 0.116. The van der Waals surface area contributed by atoms with Crippen LogP contribution in [-0.4, -0.2) is 9.78 Å². The average molecular weight is 241 g/mol. The van der Waals surface area contributed by atoms with Crippen LogP contribution in [0.5, 0.6) is 0 Å². The Hall–Kier alpha value is -1.21. The summed E-state index contributed by atoms with van der Waals surface area (Å²) in [6.07, 6.45) is 1.16. The number of anilines is 1. The number of rotatable bonds is 3. The molecule has 0 bridgehead atoms. The molecule has 0 aromatic carbocycles. The summed E-state index contributed by atoms with van der Waals surface area (Å²) >= 11 is 6.11. The van der Waals surface area contributed by atoms with Crippen molar-refractivity contribution in [1.82, 2.24) is 9.78 Å². The molecule has 0 aliphatic heterocycles. The van der Waals surface area contributed by atoms with Gasteiger partial charge >= 0.3 is 0 Å². The Labute approximate surface area is 101 Å². The number of nitrogens with zero attached hydrogens (tertiary/aromatic N) is 3. The maximum Gasteiger partial charge on any atom is 0.140 e. The first kappa shape index (κ1) is 12.9. The number of hydrogen-bond donors (Lipinski definition) is 1. The highest BCUT2D eigenvalue weighted by Crippen LogP contribution is 2.29. The van der Waals surface area contributed by atoms with Crippen molar-refractivity contribution in [1.29, 1.82) is 5.26 Å². The highest BCUT2D eigenvalue weighted by molar-refractivity contribution is 6.33. The van der Waals surface area contributed by atoms with Gasteiger partial charge in [-0.2, -0.15) is 10.4 Å². The highest BCUT2D eigenvalue weighted by atomic mass is 35.5. The fraction of sp³-hybridized carbons (Fsp3) is 0.636. The normalized spacial score (nSPS) is 11.4. The van der Waals surface area contributed by atoms with E-state index in [4.69, 9.17) is 22.6 Å². The lowest BCUT2D eigenvalue weighted by molar-refractivity contribution is 0.403. The van der Waals surface area contributed by atoms with E-state index in [1.807, 2.05) is 0 Å². The van der Waals surface area contributed by atoms with Crippen LogP contribution in [0.15, 0.2) is 0 Å². The van der Waals surface area contributed by atoms with E-state index in [1.54, 1.807) is 4.68 Å². The molecular formula is C11H17ClN4. The number of nitriles is 1. The Morgan fingerprint density at radius 1 is 1.50 bits per heavy atom. The van der Waals surface area contributed by atoms with Crippen LogP contribution < -0.4 is 5.73 Å². The minimum absolute atomic E-state index is 0.116. The molecule has 1 rings (SSSR count). The predicted molar refractivity (Wildman–Crippen MR) is 65.0 cm³/mol. The zero-order chi connectivity index (χ0) is 12.3. The van der Waals surface area contributed by atoms with Crippen molar-refractivity contribution < 1.29 is 0 Å². The Balaban J connectivity index is 2.92. The molecule has 4 nitrogen and oxygen atoms in total. The van der Waals surface area contributed by atoms with Gasteiger partial charge in [0, 0.05) is 0 Å². The van der Waals surface area contributed by atoms with Gasteiger partial charge in [0.05, 0.1) is 24.7 Å². The second kappa shape index (κ2) is 4.75. The minimum Gasteiger partial charge on any atom is -0.383 e. The summed E-state index contributed by atoms with van der Waals surface area (Å²) in [5.74, 6) is 0.455. The second-order valence-corrected chi connectivity index (χ2v) is 5.39. The van der Waals surface area contributed by atoms with Crippen molar-refractivity contribution in [3.63, 3.8) is 0 Å². The Kier molecular flexibility index (Phi) is 3.82. The SMILES string of the molecule is CC(C)(C)Cc1nn(CCC#N)c(N)c1Cl. The zero-order valence-electron chi connectivity index (χ0n) is 9.92. The first-order valence-corrected chi connectivity index (χ1v) is 5.60. The molecule has 16 heavy (non-hydrogen) atoms. The predicted octanol–water partition coefficient (Wildman–Crippen LogP) is 2.62. The Morgan fingerprint density at radius 2 is 2.12 bits per heavy atom. The molecule has 2 N–H and O–H groups in total. The number of halogens is 1. The van der Waals surface area contributed by atoms with E-state index in [2.05, 4.69) is 31.9 Å². The molecule has 0 radical (unpaired) electrons. The van der Waals surface area contributed by atoms with Gasteiger partial charge in [0.1, 0.15) is 10.8 Å². The van der Waals surface area contributed by atoms with Crippen molar-refractivity contribution in [2.75, 3.05) is 5.73 Å². The summed E-state index contributed by atoms with van der Waals surface area (Å²) in [6, 6.07) is 2.06. The third kappa shape index (κ3) is 3.14. The largest absolute Gasteiger partial charge is 0.383 e. The molecule has 0 saturated heterocycles. The molecular weight excluding hydrogens is 224 g/mol. The van der Waals surface area contributed by atoms with E-state index in [1.165, 1.54) is 0 Å². The van der Waals surface area contributed by atoms with Crippen molar-refractivity contribution in [3.05, 3.63) is 10.7 Å². The molecule has 0 amide bonds. The number of nitrogen functional groups attached to an aromatic ring is 1. The van der Waals surface area contributed by atoms with E-state index < -0.39 is 0 Å². The first-order chi connectivity index (χ1) is 7.35. The summed E-state index contributed by atoms with van der Waals surface area (Å²) in [5, 5.41) is 13.4. The molecule has 0 spiro atoms. The standard InChI is InChI=1S/C11H17ClN4/c1-11(2,3)7-8-9(12)10(14)16(15-8)6-4-5-13/h4,6-7,14H2,1-3H3. The van der Waals surface area contributed by atoms with E-state index in [0.717, 1.165) is 12.1 Å². The lowest BCUT2D eigenvalue weighted by Gasteiger charge is -2.16. The van der Waals surface area contributed by atoms with E-state index in [9.17, 15) is 0 Å². The van der Waals surface area contributed by atoms with Crippen molar-refractivity contribution in [2.45, 2.75) is 40.2 Å². The summed E-state index contributed by atoms with van der Waals surface area (Å²) in [7, 11) is 0. The van der Waals surface area contributed by atoms with Gasteiger partial charge in [-0.25, -0.2) is 4.68 Å². The van der Waals surface area contributed by atoms with E-state index in [0.29, 0.717) is 23.8 Å². The monoisotopic (exact) mass is 240 g/mol. The molecule has 5 heteroatoms. The van der Waals surface area contributed by atoms with Gasteiger partial charge in [0.25, 0.3) is 0 Å². The molecule has 0 aliphatic rings. The molecule has 0 aliphatic carbocycles. The van der Waals surface area contributed by atoms with Gasteiger partial charge in [0.2, 0.25) is 0 Å². The van der Waals surface area contributed by atoms with Gasteiger partial charge in [-0.15, -0.1) is 0 Å². The number of nitrogens with two attached hydrogens (primary N) is 1. The number of aryl methyl sites for hydroxylation is 1. The quantitative estimate of drug-likeness (QED) is 0.883. The van der Waals surface area contributed by atoms with Crippen LogP contribution in [0.25, 0.3) is 0 Å². The zero-order valence-corrected chi connectivity index (χ0v) is 10.7. The Bertz CT molecular complexity index is 409. The topological polar surface area (TPSA) is 67.6 Å².